The SMILES string of the molecule is Cl.NC1=CCS(=O)(=O)C=C1. The Hall–Kier alpha value is -0.480. The van der Waals surface area contributed by atoms with Crippen LogP contribution in [0.2, 0.25) is 0 Å². The van der Waals surface area contributed by atoms with Crippen LogP contribution in [-0.2, 0) is 9.84 Å². The van der Waals surface area contributed by atoms with Crippen LogP contribution < -0.4 is 5.73 Å². The van der Waals surface area contributed by atoms with Crippen molar-refractivity contribution in [3.05, 3.63) is 23.3 Å². The van der Waals surface area contributed by atoms with Gasteiger partial charge in [-0.05, 0) is 12.2 Å². The first-order valence-corrected chi connectivity index (χ1v) is 4.18. The summed E-state index contributed by atoms with van der Waals surface area (Å²) in [6.07, 6.45) is 2.87. The molecule has 10 heavy (non-hydrogen) atoms. The van der Waals surface area contributed by atoms with Crippen molar-refractivity contribution in [2.24, 2.45) is 5.73 Å². The molecule has 0 fully saturated rings. The van der Waals surface area contributed by atoms with Crippen molar-refractivity contribution >= 4 is 22.2 Å². The van der Waals surface area contributed by atoms with Crippen molar-refractivity contribution in [1.29, 1.82) is 0 Å². The van der Waals surface area contributed by atoms with Crippen LogP contribution in [0.25, 0.3) is 0 Å². The van der Waals surface area contributed by atoms with Gasteiger partial charge in [-0.1, -0.05) is 0 Å². The van der Waals surface area contributed by atoms with Gasteiger partial charge in [0.15, 0.2) is 9.84 Å². The van der Waals surface area contributed by atoms with Gasteiger partial charge in [-0.15, -0.1) is 12.4 Å². The Kier molecular flexibility index (Phi) is 2.93. The van der Waals surface area contributed by atoms with E-state index >= 15 is 0 Å². The first-order chi connectivity index (χ1) is 4.10. The summed E-state index contributed by atoms with van der Waals surface area (Å²) < 4.78 is 21.2. The molecule has 0 aromatic rings. The minimum atomic E-state index is -2.95. The summed E-state index contributed by atoms with van der Waals surface area (Å²) in [5, 5.41) is 1.13. The van der Waals surface area contributed by atoms with E-state index in [1.165, 1.54) is 12.2 Å². The van der Waals surface area contributed by atoms with Crippen LogP contribution >= 0.6 is 12.4 Å². The fraction of sp³-hybridized carbons (Fsp3) is 0.200. The molecule has 2 N–H and O–H groups in total. The van der Waals surface area contributed by atoms with Gasteiger partial charge in [0.1, 0.15) is 0 Å². The molecule has 0 spiro atoms. The Labute approximate surface area is 65.9 Å². The van der Waals surface area contributed by atoms with Crippen molar-refractivity contribution in [2.45, 2.75) is 0 Å². The Morgan fingerprint density at radius 2 is 2.10 bits per heavy atom. The van der Waals surface area contributed by atoms with Gasteiger partial charge in [0, 0.05) is 11.1 Å². The minimum absolute atomic E-state index is 0. The summed E-state index contributed by atoms with van der Waals surface area (Å²) in [6, 6.07) is 0. The van der Waals surface area contributed by atoms with Gasteiger partial charge in [0.2, 0.25) is 0 Å². The topological polar surface area (TPSA) is 60.2 Å². The molecular formula is C5H8ClNO2S. The van der Waals surface area contributed by atoms with Crippen molar-refractivity contribution in [3.63, 3.8) is 0 Å². The van der Waals surface area contributed by atoms with E-state index < -0.39 is 9.84 Å². The quantitative estimate of drug-likeness (QED) is 0.581. The largest absolute Gasteiger partial charge is 0.399 e. The normalized spacial score (nSPS) is 21.0. The van der Waals surface area contributed by atoms with Crippen LogP contribution in [0.4, 0.5) is 0 Å². The number of rotatable bonds is 0. The van der Waals surface area contributed by atoms with Crippen LogP contribution in [0.1, 0.15) is 0 Å². The van der Waals surface area contributed by atoms with Gasteiger partial charge in [-0.2, -0.15) is 0 Å². The summed E-state index contributed by atoms with van der Waals surface area (Å²) in [5.41, 5.74) is 5.78. The van der Waals surface area contributed by atoms with Crippen molar-refractivity contribution in [1.82, 2.24) is 0 Å². The lowest BCUT2D eigenvalue weighted by Crippen LogP contribution is -2.07. The van der Waals surface area contributed by atoms with Crippen LogP contribution in [0.3, 0.4) is 0 Å². The molecule has 1 rings (SSSR count). The number of allylic oxidation sites excluding steroid dienone is 1. The minimum Gasteiger partial charge on any atom is -0.399 e. The van der Waals surface area contributed by atoms with E-state index in [9.17, 15) is 8.42 Å². The highest BCUT2D eigenvalue weighted by molar-refractivity contribution is 7.94. The van der Waals surface area contributed by atoms with Gasteiger partial charge in [0.05, 0.1) is 5.75 Å². The lowest BCUT2D eigenvalue weighted by Gasteiger charge is -1.99. The molecule has 1 aliphatic rings. The van der Waals surface area contributed by atoms with E-state index in [0.717, 1.165) is 5.41 Å². The highest BCUT2D eigenvalue weighted by Crippen LogP contribution is 2.03. The van der Waals surface area contributed by atoms with E-state index in [-0.39, 0.29) is 18.2 Å². The zero-order valence-electron chi connectivity index (χ0n) is 5.15. The summed E-state index contributed by atoms with van der Waals surface area (Å²) >= 11 is 0. The molecule has 1 heterocycles. The Balaban J connectivity index is 0.000000810. The molecule has 3 nitrogen and oxygen atoms in total. The highest BCUT2D eigenvalue weighted by atomic mass is 35.5. The van der Waals surface area contributed by atoms with Crippen LogP contribution in [0.5, 0.6) is 0 Å². The highest BCUT2D eigenvalue weighted by Gasteiger charge is 2.06. The smallest absolute Gasteiger partial charge is 0.175 e. The Morgan fingerprint density at radius 1 is 1.50 bits per heavy atom. The molecule has 0 saturated carbocycles. The van der Waals surface area contributed by atoms with Crippen molar-refractivity contribution in [2.75, 3.05) is 5.75 Å². The van der Waals surface area contributed by atoms with Crippen LogP contribution in [-0.4, -0.2) is 14.2 Å². The van der Waals surface area contributed by atoms with E-state index in [1.54, 1.807) is 0 Å². The maximum atomic E-state index is 10.6. The first kappa shape index (κ1) is 9.52. The summed E-state index contributed by atoms with van der Waals surface area (Å²) in [4.78, 5) is 0. The second-order valence-electron chi connectivity index (χ2n) is 1.84. The lowest BCUT2D eigenvalue weighted by atomic mass is 10.4. The second-order valence-corrected chi connectivity index (χ2v) is 3.77. The van der Waals surface area contributed by atoms with Gasteiger partial charge >= 0.3 is 0 Å². The lowest BCUT2D eigenvalue weighted by molar-refractivity contribution is 0.607. The average molecular weight is 182 g/mol. The maximum Gasteiger partial charge on any atom is 0.175 e. The summed E-state index contributed by atoms with van der Waals surface area (Å²) in [7, 11) is -2.95. The zero-order chi connectivity index (χ0) is 6.91. The molecule has 0 unspecified atom stereocenters. The fourth-order valence-corrected chi connectivity index (χ4v) is 1.42. The Morgan fingerprint density at radius 3 is 2.40 bits per heavy atom. The first-order valence-electron chi connectivity index (χ1n) is 2.47. The molecule has 0 amide bonds. The summed E-state index contributed by atoms with van der Waals surface area (Å²) in [6.45, 7) is 0. The van der Waals surface area contributed by atoms with E-state index in [1.807, 2.05) is 0 Å². The number of hydrogen-bond acceptors (Lipinski definition) is 3. The third-order valence-corrected chi connectivity index (χ3v) is 2.20. The van der Waals surface area contributed by atoms with E-state index in [2.05, 4.69) is 0 Å². The second kappa shape index (κ2) is 3.07. The molecule has 0 aromatic heterocycles. The third-order valence-electron chi connectivity index (χ3n) is 1.02. The maximum absolute atomic E-state index is 10.6. The molecule has 0 radical (unpaired) electrons. The van der Waals surface area contributed by atoms with Crippen LogP contribution in [0, 0.1) is 0 Å². The molecule has 1 aliphatic heterocycles. The molecule has 0 saturated heterocycles. The van der Waals surface area contributed by atoms with Crippen LogP contribution in [0.15, 0.2) is 23.3 Å². The molecular weight excluding hydrogens is 174 g/mol. The Bertz CT molecular complexity index is 265. The molecule has 0 aromatic carbocycles. The van der Waals surface area contributed by atoms with Gasteiger partial charge in [0.25, 0.3) is 0 Å². The molecule has 58 valence electrons. The predicted octanol–water partition coefficient (Wildman–Crippen LogP) is 0.193. The average Bonchev–Trinajstić information content (AvgIpc) is 1.78. The number of sulfone groups is 1. The van der Waals surface area contributed by atoms with Crippen molar-refractivity contribution < 1.29 is 8.42 Å². The number of halogens is 1. The molecule has 5 heteroatoms. The van der Waals surface area contributed by atoms with Gasteiger partial charge in [-0.25, -0.2) is 8.42 Å². The molecule has 0 aliphatic carbocycles. The van der Waals surface area contributed by atoms with E-state index in [0.29, 0.717) is 5.70 Å². The molecule has 0 bridgehead atoms. The van der Waals surface area contributed by atoms with Gasteiger partial charge < -0.3 is 5.73 Å². The van der Waals surface area contributed by atoms with E-state index in [4.69, 9.17) is 5.73 Å². The standard InChI is InChI=1S/C5H7NO2S.ClH/c6-5-1-3-9(7,8)4-2-5;/h1-3H,4,6H2;1H. The zero-order valence-corrected chi connectivity index (χ0v) is 6.78. The third kappa shape index (κ3) is 2.41. The molecule has 0 atom stereocenters. The predicted molar refractivity (Wildman–Crippen MR) is 42.4 cm³/mol. The number of nitrogens with two attached hydrogens (primary N) is 1. The van der Waals surface area contributed by atoms with Gasteiger partial charge in [-0.3, -0.25) is 0 Å². The van der Waals surface area contributed by atoms with Crippen molar-refractivity contribution in [3.8, 4) is 0 Å². The fourth-order valence-electron chi connectivity index (χ4n) is 0.518. The monoisotopic (exact) mass is 181 g/mol. The number of hydrogen-bond donors (Lipinski definition) is 1. The summed E-state index contributed by atoms with van der Waals surface area (Å²) in [5.74, 6) is 0.0370.